The van der Waals surface area contributed by atoms with Gasteiger partial charge in [0.2, 0.25) is 11.8 Å². The smallest absolute Gasteiger partial charge is 0.230 e. The molecule has 196 valence electrons. The molecule has 3 heterocycles. The normalized spacial score (nSPS) is 30.4. The van der Waals surface area contributed by atoms with E-state index in [1.165, 1.54) is 50.5 Å². The molecule has 2 unspecified atom stereocenters. The van der Waals surface area contributed by atoms with Crippen LogP contribution >= 0.6 is 0 Å². The molecule has 5 aliphatic rings. The topological polar surface area (TPSA) is 67.9 Å². The zero-order chi connectivity index (χ0) is 24.8. The van der Waals surface area contributed by atoms with Crippen LogP contribution in [0.1, 0.15) is 83.1 Å². The summed E-state index contributed by atoms with van der Waals surface area (Å²) in [4.78, 5) is 29.8. The molecule has 1 aromatic rings. The van der Waals surface area contributed by atoms with Crippen LogP contribution in [0.3, 0.4) is 0 Å². The fourth-order valence-electron chi connectivity index (χ4n) is 7.11. The summed E-state index contributed by atoms with van der Waals surface area (Å²) in [5.41, 5.74) is 7.14. The zero-order valence-electron chi connectivity index (χ0n) is 22.0. The molecule has 1 aromatic carbocycles. The summed E-state index contributed by atoms with van der Waals surface area (Å²) >= 11 is 0. The Bertz CT molecular complexity index is 982. The summed E-state index contributed by atoms with van der Waals surface area (Å²) in [6, 6.07) is 7.62. The molecule has 2 amide bonds. The second-order valence-electron chi connectivity index (χ2n) is 12.0. The van der Waals surface area contributed by atoms with Crippen molar-refractivity contribution in [3.63, 3.8) is 0 Å². The minimum Gasteiger partial charge on any atom is -0.313 e. The number of benzene rings is 1. The van der Waals surface area contributed by atoms with Gasteiger partial charge in [-0.25, -0.2) is 5.01 Å². The lowest BCUT2D eigenvalue weighted by molar-refractivity contribution is -0.120. The number of rotatable bonds is 4. The standard InChI is InChI=1S/C29H43N5O2/c1-19-17-32(29(36)22-10-11-22)27-14-23(12-13-26(27)34(19)20(2)35)25-18-33(24-15-30-16-24)31-28(25)21-8-6-4-3-5-7-9-21/h12-14,19,21-22,24-25,28,30-31H,3-11,15-18H2,1-2H3/t19-,25?,28?/m0/s1. The number of hydrogen-bond acceptors (Lipinski definition) is 5. The predicted molar refractivity (Wildman–Crippen MR) is 143 cm³/mol. The van der Waals surface area contributed by atoms with Gasteiger partial charge >= 0.3 is 0 Å². The summed E-state index contributed by atoms with van der Waals surface area (Å²) in [5, 5.41) is 5.94. The molecule has 2 N–H and O–H groups in total. The van der Waals surface area contributed by atoms with Gasteiger partial charge in [-0.15, -0.1) is 0 Å². The lowest BCUT2D eigenvalue weighted by Crippen LogP contribution is -2.60. The van der Waals surface area contributed by atoms with Crippen LogP contribution in [-0.4, -0.2) is 61.1 Å². The predicted octanol–water partition coefficient (Wildman–Crippen LogP) is 3.79. The van der Waals surface area contributed by atoms with Crippen molar-refractivity contribution in [3.05, 3.63) is 23.8 Å². The molecular formula is C29H43N5O2. The van der Waals surface area contributed by atoms with Gasteiger partial charge in [0.05, 0.1) is 17.4 Å². The molecule has 2 saturated heterocycles. The van der Waals surface area contributed by atoms with Gasteiger partial charge in [-0.3, -0.25) is 15.0 Å². The minimum atomic E-state index is -0.0130. The molecule has 4 fully saturated rings. The number of carbonyl (C=O) groups is 2. The van der Waals surface area contributed by atoms with E-state index < -0.39 is 0 Å². The highest BCUT2D eigenvalue weighted by molar-refractivity contribution is 6.05. The third kappa shape index (κ3) is 4.59. The number of hydrogen-bond donors (Lipinski definition) is 2. The Hall–Kier alpha value is -1.96. The van der Waals surface area contributed by atoms with Gasteiger partial charge in [0, 0.05) is 57.0 Å². The largest absolute Gasteiger partial charge is 0.313 e. The minimum absolute atomic E-state index is 0.0130. The van der Waals surface area contributed by atoms with Crippen LogP contribution in [0.15, 0.2) is 18.2 Å². The Morgan fingerprint density at radius 2 is 1.64 bits per heavy atom. The van der Waals surface area contributed by atoms with E-state index in [0.29, 0.717) is 30.5 Å². The molecular weight excluding hydrogens is 450 g/mol. The van der Waals surface area contributed by atoms with Gasteiger partial charge in [-0.2, -0.15) is 0 Å². The van der Waals surface area contributed by atoms with Gasteiger partial charge in [-0.05, 0) is 56.2 Å². The van der Waals surface area contributed by atoms with Gasteiger partial charge in [0.15, 0.2) is 0 Å². The third-order valence-electron chi connectivity index (χ3n) is 9.40. The monoisotopic (exact) mass is 493 g/mol. The molecule has 7 heteroatoms. The second-order valence-corrected chi connectivity index (χ2v) is 12.0. The molecule has 0 aromatic heterocycles. The van der Waals surface area contributed by atoms with Crippen LogP contribution < -0.4 is 20.5 Å². The van der Waals surface area contributed by atoms with E-state index in [1.54, 1.807) is 6.92 Å². The van der Waals surface area contributed by atoms with Crippen LogP contribution in [-0.2, 0) is 9.59 Å². The maximum atomic E-state index is 13.3. The Balaban J connectivity index is 1.35. The van der Waals surface area contributed by atoms with Gasteiger partial charge in [0.25, 0.3) is 0 Å². The quantitative estimate of drug-likeness (QED) is 0.668. The van der Waals surface area contributed by atoms with Gasteiger partial charge < -0.3 is 15.1 Å². The number of amides is 2. The van der Waals surface area contributed by atoms with E-state index in [1.807, 2.05) is 9.80 Å². The molecule has 2 saturated carbocycles. The number of anilines is 2. The van der Waals surface area contributed by atoms with Crippen molar-refractivity contribution in [2.75, 3.05) is 36.0 Å². The highest BCUT2D eigenvalue weighted by Gasteiger charge is 2.44. The van der Waals surface area contributed by atoms with E-state index in [0.717, 1.165) is 43.9 Å². The fourth-order valence-corrected chi connectivity index (χ4v) is 7.11. The first-order chi connectivity index (χ1) is 17.5. The highest BCUT2D eigenvalue weighted by atomic mass is 16.2. The maximum Gasteiger partial charge on any atom is 0.230 e. The number of hydrazine groups is 1. The SMILES string of the molecule is CC(=O)N1c2ccc(C3CN(C4CNC4)NC3C3CCCCCCC3)cc2N(C(=O)C2CC2)C[C@@H]1C. The Morgan fingerprint density at radius 1 is 0.917 bits per heavy atom. The van der Waals surface area contributed by atoms with Crippen LogP contribution in [0.5, 0.6) is 0 Å². The molecule has 0 spiro atoms. The van der Waals surface area contributed by atoms with Crippen molar-refractivity contribution in [1.82, 2.24) is 15.8 Å². The first-order valence-corrected chi connectivity index (χ1v) is 14.5. The number of fused-ring (bicyclic) bond motifs is 1. The highest BCUT2D eigenvalue weighted by Crippen LogP contribution is 2.44. The van der Waals surface area contributed by atoms with Crippen molar-refractivity contribution < 1.29 is 9.59 Å². The number of nitrogens with zero attached hydrogens (tertiary/aromatic N) is 3. The molecule has 3 atom stereocenters. The average Bonchev–Trinajstić information content (AvgIpc) is 3.56. The van der Waals surface area contributed by atoms with E-state index >= 15 is 0 Å². The van der Waals surface area contributed by atoms with Crippen LogP contribution in [0.25, 0.3) is 0 Å². The first kappa shape index (κ1) is 24.4. The van der Waals surface area contributed by atoms with E-state index in [4.69, 9.17) is 0 Å². The van der Waals surface area contributed by atoms with Crippen molar-refractivity contribution in [1.29, 1.82) is 0 Å². The lowest BCUT2D eigenvalue weighted by atomic mass is 9.78. The van der Waals surface area contributed by atoms with E-state index in [2.05, 4.69) is 40.9 Å². The van der Waals surface area contributed by atoms with Gasteiger partial charge in [-0.1, -0.05) is 38.2 Å². The lowest BCUT2D eigenvalue weighted by Gasteiger charge is -2.41. The number of carbonyl (C=O) groups excluding carboxylic acids is 2. The summed E-state index contributed by atoms with van der Waals surface area (Å²) in [5.74, 6) is 1.53. The van der Waals surface area contributed by atoms with Crippen molar-refractivity contribution in [3.8, 4) is 0 Å². The van der Waals surface area contributed by atoms with Crippen molar-refractivity contribution >= 4 is 23.2 Å². The third-order valence-corrected chi connectivity index (χ3v) is 9.40. The Morgan fingerprint density at radius 3 is 2.28 bits per heavy atom. The molecule has 36 heavy (non-hydrogen) atoms. The van der Waals surface area contributed by atoms with E-state index in [9.17, 15) is 9.59 Å². The maximum absolute atomic E-state index is 13.3. The first-order valence-electron chi connectivity index (χ1n) is 14.5. The Kier molecular flexibility index (Phi) is 6.82. The van der Waals surface area contributed by atoms with Crippen LogP contribution in [0.4, 0.5) is 11.4 Å². The molecule has 3 aliphatic heterocycles. The van der Waals surface area contributed by atoms with Gasteiger partial charge in [0.1, 0.15) is 0 Å². The molecule has 0 radical (unpaired) electrons. The average molecular weight is 494 g/mol. The van der Waals surface area contributed by atoms with Crippen LogP contribution in [0, 0.1) is 11.8 Å². The summed E-state index contributed by atoms with van der Waals surface area (Å²) in [6.45, 7) is 7.40. The van der Waals surface area contributed by atoms with Crippen molar-refractivity contribution in [2.45, 2.75) is 95.7 Å². The molecule has 7 nitrogen and oxygen atoms in total. The number of nitrogens with one attached hydrogen (secondary N) is 2. The molecule has 2 aliphatic carbocycles. The fraction of sp³-hybridized carbons (Fsp3) is 0.724. The molecule has 0 bridgehead atoms. The Labute approximate surface area is 215 Å². The molecule has 6 rings (SSSR count). The summed E-state index contributed by atoms with van der Waals surface area (Å²) in [6.07, 6.45) is 11.4. The second kappa shape index (κ2) is 10.1. The van der Waals surface area contributed by atoms with Crippen molar-refractivity contribution in [2.24, 2.45) is 11.8 Å². The summed E-state index contributed by atoms with van der Waals surface area (Å²) < 4.78 is 0. The summed E-state index contributed by atoms with van der Waals surface area (Å²) in [7, 11) is 0. The van der Waals surface area contributed by atoms with Crippen LogP contribution in [0.2, 0.25) is 0 Å². The van der Waals surface area contributed by atoms with E-state index in [-0.39, 0.29) is 23.8 Å². The zero-order valence-corrected chi connectivity index (χ0v) is 22.0.